The monoisotopic (exact) mass is 410 g/mol. The van der Waals surface area contributed by atoms with Crippen LogP contribution in [0.1, 0.15) is 31.2 Å². The third kappa shape index (κ3) is 6.72. The first-order chi connectivity index (χ1) is 13.2. The number of aromatic carboxylic acids is 1. The van der Waals surface area contributed by atoms with Crippen molar-refractivity contribution in [2.24, 2.45) is 5.73 Å². The van der Waals surface area contributed by atoms with Crippen molar-refractivity contribution in [3.8, 4) is 0 Å². The molecule has 0 aliphatic carbocycles. The topological polar surface area (TPSA) is 174 Å². The number of carbonyl (C=O) groups excluding carboxylic acids is 1. The van der Waals surface area contributed by atoms with E-state index in [1.54, 1.807) is 0 Å². The number of aliphatic hydroxyl groups excluding tert-OH is 1. The molecule has 2 aromatic rings. The number of carboxylic acids is 1. The highest BCUT2D eigenvalue weighted by Crippen LogP contribution is 2.29. The van der Waals surface area contributed by atoms with Gasteiger partial charge in [0.15, 0.2) is 0 Å². The first-order valence-electron chi connectivity index (χ1n) is 8.39. The van der Waals surface area contributed by atoms with Crippen LogP contribution in [0.3, 0.4) is 0 Å². The van der Waals surface area contributed by atoms with Crippen LogP contribution in [0.5, 0.6) is 0 Å². The zero-order valence-corrected chi connectivity index (χ0v) is 16.6. The Morgan fingerprint density at radius 3 is 2.36 bits per heavy atom. The summed E-state index contributed by atoms with van der Waals surface area (Å²) >= 11 is 0.900. The number of aliphatic hydroxyl groups is 1. The van der Waals surface area contributed by atoms with Gasteiger partial charge in [-0.15, -0.1) is 11.3 Å². The summed E-state index contributed by atoms with van der Waals surface area (Å²) in [6, 6.07) is 5.82. The molecule has 10 heteroatoms. The van der Waals surface area contributed by atoms with E-state index >= 15 is 0 Å². The number of nitrogen functional groups attached to an aromatic ring is 2. The second-order valence-electron chi connectivity index (χ2n) is 5.80. The average Bonchev–Trinajstić information content (AvgIpc) is 2.93. The molecule has 2 rings (SSSR count). The summed E-state index contributed by atoms with van der Waals surface area (Å²) in [6.07, 6.45) is 0. The first kappa shape index (κ1) is 23.2. The molecule has 0 saturated carbocycles. The Hall–Kier alpha value is -2.82. The number of hydrogen-bond donors (Lipinski definition) is 6. The number of nitrogens with one attached hydrogen (secondary N) is 1. The van der Waals surface area contributed by atoms with Crippen LogP contribution in [0.25, 0.3) is 0 Å². The van der Waals surface area contributed by atoms with E-state index in [0.29, 0.717) is 18.8 Å². The Balaban J connectivity index is 0.000000283. The average molecular weight is 410 g/mol. The lowest BCUT2D eigenvalue weighted by Gasteiger charge is -2.08. The van der Waals surface area contributed by atoms with Gasteiger partial charge in [-0.3, -0.25) is 4.79 Å². The SMILES string of the molecule is Cc1c(C(N)=O)sc(N)c1C(=O)O.Cc1cc(NCCOCCO)ccc1N. The van der Waals surface area contributed by atoms with E-state index < -0.39 is 11.9 Å². The van der Waals surface area contributed by atoms with Gasteiger partial charge >= 0.3 is 5.97 Å². The molecule has 0 unspecified atom stereocenters. The molecule has 9 nitrogen and oxygen atoms in total. The maximum absolute atomic E-state index is 10.8. The van der Waals surface area contributed by atoms with Crippen LogP contribution in [0.2, 0.25) is 0 Å². The summed E-state index contributed by atoms with van der Waals surface area (Å²) in [7, 11) is 0. The standard InChI is InChI=1S/C11H18N2O2.C7H8N2O3S/c1-9-8-10(2-3-11(9)12)13-4-6-15-7-5-14;1-2-3(7(11)12)6(9)13-4(2)5(8)10/h2-3,8,13-14H,4-7,12H2,1H3;9H2,1H3,(H2,8,10)(H,11,12). The fourth-order valence-corrected chi connectivity index (χ4v) is 3.17. The molecule has 0 atom stereocenters. The van der Waals surface area contributed by atoms with Crippen molar-refractivity contribution in [3.05, 3.63) is 39.8 Å². The van der Waals surface area contributed by atoms with Crippen molar-refractivity contribution in [2.45, 2.75) is 13.8 Å². The highest BCUT2D eigenvalue weighted by atomic mass is 32.1. The van der Waals surface area contributed by atoms with Gasteiger partial charge in [0, 0.05) is 17.9 Å². The number of primary amides is 1. The number of hydrogen-bond acceptors (Lipinski definition) is 8. The number of aryl methyl sites for hydroxylation is 1. The second kappa shape index (κ2) is 11.1. The highest BCUT2D eigenvalue weighted by molar-refractivity contribution is 7.18. The van der Waals surface area contributed by atoms with E-state index in [2.05, 4.69) is 5.32 Å². The molecule has 0 radical (unpaired) electrons. The van der Waals surface area contributed by atoms with E-state index in [1.165, 1.54) is 6.92 Å². The molecule has 0 fully saturated rings. The van der Waals surface area contributed by atoms with Gasteiger partial charge in [-0.25, -0.2) is 4.79 Å². The lowest BCUT2D eigenvalue weighted by Crippen LogP contribution is -2.11. The molecule has 1 aromatic carbocycles. The Kier molecular flexibility index (Phi) is 9.22. The zero-order valence-electron chi connectivity index (χ0n) is 15.8. The van der Waals surface area contributed by atoms with Crippen molar-refractivity contribution in [3.63, 3.8) is 0 Å². The Morgan fingerprint density at radius 1 is 1.21 bits per heavy atom. The normalized spacial score (nSPS) is 10.1. The molecule has 1 amide bonds. The van der Waals surface area contributed by atoms with Gasteiger partial charge in [0.05, 0.1) is 30.3 Å². The molecule has 28 heavy (non-hydrogen) atoms. The predicted molar refractivity (Wildman–Crippen MR) is 111 cm³/mol. The summed E-state index contributed by atoms with van der Waals surface area (Å²) in [5, 5.41) is 20.5. The largest absolute Gasteiger partial charge is 0.478 e. The maximum atomic E-state index is 10.8. The minimum absolute atomic E-state index is 0.0289. The Labute approximate surface area is 167 Å². The summed E-state index contributed by atoms with van der Waals surface area (Å²) in [5.41, 5.74) is 19.3. The minimum Gasteiger partial charge on any atom is -0.478 e. The fraction of sp³-hybridized carbons (Fsp3) is 0.333. The van der Waals surface area contributed by atoms with Crippen LogP contribution >= 0.6 is 11.3 Å². The smallest absolute Gasteiger partial charge is 0.338 e. The third-order valence-electron chi connectivity index (χ3n) is 3.69. The number of rotatable bonds is 8. The molecule has 154 valence electrons. The van der Waals surface area contributed by atoms with E-state index in [1.807, 2.05) is 25.1 Å². The molecular formula is C18H26N4O5S. The summed E-state index contributed by atoms with van der Waals surface area (Å²) < 4.78 is 5.12. The predicted octanol–water partition coefficient (Wildman–Crippen LogP) is 1.43. The molecule has 1 heterocycles. The number of nitrogens with two attached hydrogens (primary N) is 3. The van der Waals surface area contributed by atoms with Gasteiger partial charge in [0.1, 0.15) is 5.00 Å². The van der Waals surface area contributed by atoms with Gasteiger partial charge in [-0.05, 0) is 43.2 Å². The van der Waals surface area contributed by atoms with Gasteiger partial charge in [0.25, 0.3) is 5.91 Å². The van der Waals surface area contributed by atoms with E-state index in [4.69, 9.17) is 32.2 Å². The van der Waals surface area contributed by atoms with Crippen LogP contribution in [-0.4, -0.2) is 48.5 Å². The first-order valence-corrected chi connectivity index (χ1v) is 9.21. The van der Waals surface area contributed by atoms with Gasteiger partial charge < -0.3 is 37.5 Å². The van der Waals surface area contributed by atoms with Crippen molar-refractivity contribution in [2.75, 3.05) is 43.1 Å². The van der Waals surface area contributed by atoms with Crippen molar-refractivity contribution < 1.29 is 24.5 Å². The van der Waals surface area contributed by atoms with Crippen molar-refractivity contribution in [1.29, 1.82) is 0 Å². The number of carboxylic acid groups (broad SMARTS) is 1. The van der Waals surface area contributed by atoms with Crippen LogP contribution in [0.4, 0.5) is 16.4 Å². The number of amides is 1. The number of carbonyl (C=O) groups is 2. The third-order valence-corrected chi connectivity index (χ3v) is 4.83. The van der Waals surface area contributed by atoms with Crippen LogP contribution in [-0.2, 0) is 4.74 Å². The van der Waals surface area contributed by atoms with E-state index in [9.17, 15) is 9.59 Å². The fourth-order valence-electron chi connectivity index (χ4n) is 2.26. The molecular weight excluding hydrogens is 384 g/mol. The molecule has 0 saturated heterocycles. The highest BCUT2D eigenvalue weighted by Gasteiger charge is 2.20. The van der Waals surface area contributed by atoms with Crippen LogP contribution in [0.15, 0.2) is 18.2 Å². The zero-order chi connectivity index (χ0) is 21.3. The van der Waals surface area contributed by atoms with Crippen LogP contribution in [0, 0.1) is 13.8 Å². The quantitative estimate of drug-likeness (QED) is 0.280. The van der Waals surface area contributed by atoms with Crippen molar-refractivity contribution in [1.82, 2.24) is 0 Å². The van der Waals surface area contributed by atoms with Gasteiger partial charge in [0.2, 0.25) is 0 Å². The number of ether oxygens (including phenoxy) is 1. The Bertz CT molecular complexity index is 823. The summed E-state index contributed by atoms with van der Waals surface area (Å²) in [5.74, 6) is -1.79. The van der Waals surface area contributed by atoms with Crippen molar-refractivity contribution >= 4 is 39.6 Å². The number of thiophene rings is 1. The van der Waals surface area contributed by atoms with Crippen LogP contribution < -0.4 is 22.5 Å². The second-order valence-corrected chi connectivity index (χ2v) is 6.85. The molecule has 9 N–H and O–H groups in total. The maximum Gasteiger partial charge on any atom is 0.338 e. The lowest BCUT2D eigenvalue weighted by molar-refractivity contribution is 0.0698. The molecule has 0 spiro atoms. The molecule has 0 bridgehead atoms. The number of benzene rings is 1. The summed E-state index contributed by atoms with van der Waals surface area (Å²) in [4.78, 5) is 21.7. The number of anilines is 3. The van der Waals surface area contributed by atoms with E-state index in [-0.39, 0.29) is 22.0 Å². The van der Waals surface area contributed by atoms with Gasteiger partial charge in [-0.2, -0.15) is 0 Å². The molecule has 0 aliphatic heterocycles. The van der Waals surface area contributed by atoms with Gasteiger partial charge in [-0.1, -0.05) is 0 Å². The lowest BCUT2D eigenvalue weighted by atomic mass is 10.1. The Morgan fingerprint density at radius 2 is 1.89 bits per heavy atom. The summed E-state index contributed by atoms with van der Waals surface area (Å²) in [6.45, 7) is 5.26. The minimum atomic E-state index is -1.14. The van der Waals surface area contributed by atoms with E-state index in [0.717, 1.165) is 34.8 Å². The molecule has 0 aliphatic rings. The molecule has 1 aromatic heterocycles.